The van der Waals surface area contributed by atoms with Crippen molar-refractivity contribution < 1.29 is 92.9 Å². The Kier molecular flexibility index (Phi) is 30.9. The molecule has 13 atom stereocenters. The first kappa shape index (κ1) is 63.4. The van der Waals surface area contributed by atoms with Crippen molar-refractivity contribution in [2.24, 2.45) is 29.6 Å². The Labute approximate surface area is 417 Å². The van der Waals surface area contributed by atoms with Crippen LogP contribution >= 0.6 is 0 Å². The van der Waals surface area contributed by atoms with Gasteiger partial charge in [-0.1, -0.05) is 104 Å². The zero-order chi connectivity index (χ0) is 48.1. The zero-order valence-electron chi connectivity index (χ0n) is 40.8. The van der Waals surface area contributed by atoms with Crippen molar-refractivity contribution >= 4 is 29.2 Å². The van der Waals surface area contributed by atoms with Crippen LogP contribution in [0.3, 0.4) is 0 Å². The van der Waals surface area contributed by atoms with Crippen LogP contribution < -0.4 is 34.7 Å². The molecule has 0 spiro atoms. The van der Waals surface area contributed by atoms with Crippen LogP contribution in [0, 0.1) is 29.6 Å². The van der Waals surface area contributed by atoms with Gasteiger partial charge in [0, 0.05) is 52.0 Å². The first-order valence-corrected chi connectivity index (χ1v) is 23.1. The van der Waals surface area contributed by atoms with Crippen LogP contribution in [0.2, 0.25) is 0 Å². The van der Waals surface area contributed by atoms with Gasteiger partial charge in [-0.2, -0.15) is 0 Å². The summed E-state index contributed by atoms with van der Waals surface area (Å²) in [7, 11) is 4.60. The number of rotatable bonds is 23. The molecule has 3 rings (SSSR count). The van der Waals surface area contributed by atoms with Crippen molar-refractivity contribution in [3.8, 4) is 0 Å². The summed E-state index contributed by atoms with van der Waals surface area (Å²) in [5.41, 5.74) is 0.476. The molecule has 0 aromatic heterocycles. The van der Waals surface area contributed by atoms with Gasteiger partial charge in [0.15, 0.2) is 11.6 Å². The van der Waals surface area contributed by atoms with Gasteiger partial charge in [0.1, 0.15) is 12.2 Å². The van der Waals surface area contributed by atoms with E-state index in [0.717, 1.165) is 23.7 Å². The number of aliphatic carboxylic acids is 1. The normalized spacial score (nSPS) is 27.6. The van der Waals surface area contributed by atoms with Crippen molar-refractivity contribution in [2.45, 2.75) is 174 Å². The Morgan fingerprint density at radius 3 is 2.18 bits per heavy atom. The minimum atomic E-state index is -2.38. The quantitative estimate of drug-likeness (QED) is 0.0444. The summed E-state index contributed by atoms with van der Waals surface area (Å²) >= 11 is 0. The molecule has 14 nitrogen and oxygen atoms in total. The van der Waals surface area contributed by atoms with E-state index in [0.29, 0.717) is 44.1 Å². The van der Waals surface area contributed by atoms with Gasteiger partial charge in [-0.25, -0.2) is 0 Å². The fourth-order valence-corrected chi connectivity index (χ4v) is 8.84. The molecule has 3 N–H and O–H groups in total. The van der Waals surface area contributed by atoms with Crippen molar-refractivity contribution in [2.75, 3.05) is 27.9 Å². The third-order valence-electron chi connectivity index (χ3n) is 12.9. The number of allylic oxidation sites excluding steroid dienone is 7. The molecule has 370 valence electrons. The second-order valence-corrected chi connectivity index (χ2v) is 18.0. The molecule has 15 heteroatoms. The van der Waals surface area contributed by atoms with Gasteiger partial charge in [-0.05, 0) is 88.2 Å². The number of methoxy groups -OCH3 is 3. The van der Waals surface area contributed by atoms with E-state index in [9.17, 15) is 44.4 Å². The van der Waals surface area contributed by atoms with Crippen LogP contribution in [0.1, 0.15) is 126 Å². The van der Waals surface area contributed by atoms with Gasteiger partial charge >= 0.3 is 29.6 Å². The molecule has 2 aliphatic heterocycles. The number of nitrogens with zero attached hydrogens (tertiary/aromatic N) is 1. The number of carboxylic acid groups (broad SMARTS) is 1. The summed E-state index contributed by atoms with van der Waals surface area (Å²) in [6, 6.07) is -1.22. The Morgan fingerprint density at radius 2 is 1.61 bits per heavy atom. The number of amides is 1. The molecule has 66 heavy (non-hydrogen) atoms. The van der Waals surface area contributed by atoms with Crippen LogP contribution in [0.25, 0.3) is 0 Å². The molecule has 3 fully saturated rings. The van der Waals surface area contributed by atoms with Gasteiger partial charge in [-0.15, -0.1) is 0 Å². The summed E-state index contributed by atoms with van der Waals surface area (Å²) in [5, 5.41) is 43.2. The molecular weight excluding hydrogens is 858 g/mol. The molecule has 2 saturated heterocycles. The number of carbonyl (C=O) groups excluding carboxylic acids is 5. The molecule has 0 unspecified atom stereocenters. The van der Waals surface area contributed by atoms with E-state index in [-0.39, 0.29) is 79.6 Å². The third-order valence-corrected chi connectivity index (χ3v) is 12.9. The average Bonchev–Trinajstić information content (AvgIpc) is 3.28. The second kappa shape index (κ2) is 32.2. The molecule has 0 aromatic rings. The Hall–Kier alpha value is -2.63. The summed E-state index contributed by atoms with van der Waals surface area (Å²) in [6.07, 6.45) is 19.3. The molecule has 0 bridgehead atoms. The topological polar surface area (TPSA) is 209 Å². The number of aliphatic hydroxyl groups excluding tert-OH is 2. The maximum atomic E-state index is 13.3. The molecule has 1 amide bonds. The minimum absolute atomic E-state index is 0. The second-order valence-electron chi connectivity index (χ2n) is 18.0. The standard InChI is InChI=1S/C40H59NO11.C10H20O2.CH4.Na/c1-9-33(42)26(3)23-28(5)35(44)36(51-8)34(43)27(4)22-25(2)16-12-10-11-13-17-30(50-7)24-31-20-19-29(6)40(49,52-31)37(45)38(46)41-21-15-14-18-32(41)39(47)48;1-3-4-8-5-6-9(11)10(7-8)12-2;;/h9-13,16-17,23,25-27,29-32,35-36,44,49H,1,14-15,18-22,24H2,2-8H3,(H,47,48);8-11H,3-7H2,1-2H3;1H4;/q;;;+1/p-1/b11-10+,16-12+,17-13+,28-23+;;;/t25-,26-,27-,29-,30-,31+,32+,35-,36+,40-;8-,9-,10-;;/m11../s1. The summed E-state index contributed by atoms with van der Waals surface area (Å²) < 4.78 is 22.1. The van der Waals surface area contributed by atoms with Crippen LogP contribution in [0.5, 0.6) is 0 Å². The fraction of sp³-hybridized carbons (Fsp3) is 0.706. The number of carbonyl (C=O) groups is 5. The predicted molar refractivity (Wildman–Crippen MR) is 249 cm³/mol. The molecule has 3 aliphatic rings. The number of piperidine rings is 1. The maximum Gasteiger partial charge on any atom is 1.00 e. The maximum absolute atomic E-state index is 13.3. The summed E-state index contributed by atoms with van der Waals surface area (Å²) in [4.78, 5) is 64.0. The van der Waals surface area contributed by atoms with Crippen LogP contribution in [0.15, 0.2) is 60.8 Å². The van der Waals surface area contributed by atoms with Crippen molar-refractivity contribution in [3.05, 3.63) is 60.8 Å². The van der Waals surface area contributed by atoms with Gasteiger partial charge in [-0.3, -0.25) is 19.2 Å². The zero-order valence-corrected chi connectivity index (χ0v) is 42.8. The third kappa shape index (κ3) is 19.4. The summed E-state index contributed by atoms with van der Waals surface area (Å²) in [6.45, 7) is 14.5. The van der Waals surface area contributed by atoms with E-state index in [1.807, 2.05) is 31.2 Å². The number of aliphatic hydroxyl groups is 3. The monoisotopic (exact) mass is 940 g/mol. The van der Waals surface area contributed by atoms with Crippen molar-refractivity contribution in [3.63, 3.8) is 0 Å². The minimum Gasteiger partial charge on any atom is -0.548 e. The summed E-state index contributed by atoms with van der Waals surface area (Å²) in [5.74, 6) is -7.20. The Bertz CT molecular complexity index is 1650. The van der Waals surface area contributed by atoms with Gasteiger partial charge in [0.05, 0.1) is 36.4 Å². The smallest absolute Gasteiger partial charge is 0.548 e. The first-order chi connectivity index (χ1) is 30.3. The number of hydrogen-bond donors (Lipinski definition) is 3. The molecule has 1 saturated carbocycles. The number of Topliss-reactive ketones (excluding diaryl/α,β-unsaturated/α-hetero) is 2. The van der Waals surface area contributed by atoms with E-state index in [4.69, 9.17) is 18.9 Å². The van der Waals surface area contributed by atoms with Crippen LogP contribution in [0.4, 0.5) is 0 Å². The largest absolute Gasteiger partial charge is 1.00 e. The molecule has 2 heterocycles. The number of ketones is 3. The average molecular weight is 940 g/mol. The van der Waals surface area contributed by atoms with Gasteiger partial charge in [0.2, 0.25) is 5.79 Å². The van der Waals surface area contributed by atoms with Gasteiger partial charge < -0.3 is 49.1 Å². The van der Waals surface area contributed by atoms with Crippen LogP contribution in [-0.4, -0.2) is 126 Å². The predicted octanol–water partition coefficient (Wildman–Crippen LogP) is 2.81. The molecule has 0 radical (unpaired) electrons. The van der Waals surface area contributed by atoms with Gasteiger partial charge in [0.25, 0.3) is 11.7 Å². The number of carboxylic acids is 1. The molecular formula is C51H82NNaO13. The van der Waals surface area contributed by atoms with E-state index >= 15 is 0 Å². The van der Waals surface area contributed by atoms with Crippen molar-refractivity contribution in [1.82, 2.24) is 4.90 Å². The molecule has 1 aliphatic carbocycles. The number of likely N-dealkylation sites (tertiary alicyclic amines) is 1. The van der Waals surface area contributed by atoms with Crippen molar-refractivity contribution in [1.29, 1.82) is 0 Å². The Morgan fingerprint density at radius 1 is 0.955 bits per heavy atom. The number of ether oxygens (including phenoxy) is 4. The van der Waals surface area contributed by atoms with E-state index in [1.54, 1.807) is 53.0 Å². The Balaban J connectivity index is 0.00000261. The van der Waals surface area contributed by atoms with Crippen LogP contribution in [-0.2, 0) is 42.9 Å². The van der Waals surface area contributed by atoms with E-state index in [2.05, 4.69) is 13.5 Å². The first-order valence-electron chi connectivity index (χ1n) is 23.1. The van der Waals surface area contributed by atoms with E-state index < -0.39 is 71.7 Å². The fourth-order valence-electron chi connectivity index (χ4n) is 8.84. The molecule has 0 aromatic carbocycles. The SMILES string of the molecule is C.C=CC(=O)[C@H](C)/C=C(\C)[C@@H](O)[C@@H](OC)C(=O)[C@H](C)C[C@H](C)/C=C/C=C/C=C/[C@H](C[C@@H]1CC[C@@H](C)[C@](O)(C(=O)C(=O)N2CCCC[C@H]2C(=O)[O-])O1)OC.CCC[C@@H]1CC[C@@H](O)[C@H](OC)C1.[Na+]. The number of hydrogen-bond acceptors (Lipinski definition) is 13. The van der Waals surface area contributed by atoms with E-state index in [1.165, 1.54) is 39.6 Å².